The highest BCUT2D eigenvalue weighted by Crippen LogP contribution is 2.20. The molecule has 1 aliphatic heterocycles. The lowest BCUT2D eigenvalue weighted by molar-refractivity contribution is 0.101. The molecule has 3 heterocycles. The summed E-state index contributed by atoms with van der Waals surface area (Å²) < 4.78 is 7.67. The van der Waals surface area contributed by atoms with Gasteiger partial charge in [0.05, 0.1) is 18.8 Å². The van der Waals surface area contributed by atoms with Crippen LogP contribution < -0.4 is 0 Å². The second-order valence-electron chi connectivity index (χ2n) is 5.09. The Labute approximate surface area is 112 Å². The largest absolute Gasteiger partial charge is 0.465 e. The summed E-state index contributed by atoms with van der Waals surface area (Å²) in [7, 11) is 0. The molecule has 2 aromatic heterocycles. The van der Waals surface area contributed by atoms with E-state index in [9.17, 15) is 5.11 Å². The first-order valence-corrected chi connectivity index (χ1v) is 6.67. The second-order valence-corrected chi connectivity index (χ2v) is 5.09. The smallest absolute Gasteiger partial charge is 0.118 e. The molecule has 0 aliphatic carbocycles. The van der Waals surface area contributed by atoms with Crippen LogP contribution in [-0.2, 0) is 19.6 Å². The van der Waals surface area contributed by atoms with E-state index in [-0.39, 0.29) is 12.6 Å². The van der Waals surface area contributed by atoms with Gasteiger partial charge in [0.15, 0.2) is 0 Å². The summed E-state index contributed by atoms with van der Waals surface area (Å²) in [4.78, 5) is 2.26. The molecule has 1 atom stereocenters. The number of aliphatic hydroxyl groups is 1. The van der Waals surface area contributed by atoms with Crippen molar-refractivity contribution in [3.05, 3.63) is 41.6 Å². The lowest BCUT2D eigenvalue weighted by Gasteiger charge is -2.26. The summed E-state index contributed by atoms with van der Waals surface area (Å²) in [6.07, 6.45) is 2.74. The predicted octanol–water partition coefficient (Wildman–Crippen LogP) is 1.55. The summed E-state index contributed by atoms with van der Waals surface area (Å²) >= 11 is 0. The third kappa shape index (κ3) is 2.57. The molecule has 5 nitrogen and oxygen atoms in total. The molecule has 3 rings (SSSR count). The van der Waals surface area contributed by atoms with E-state index in [1.54, 1.807) is 0 Å². The molecule has 0 spiro atoms. The van der Waals surface area contributed by atoms with Crippen LogP contribution in [-0.4, -0.2) is 32.4 Å². The van der Waals surface area contributed by atoms with Crippen molar-refractivity contribution in [3.8, 4) is 0 Å². The van der Waals surface area contributed by atoms with Crippen molar-refractivity contribution in [3.63, 3.8) is 0 Å². The zero-order valence-electron chi connectivity index (χ0n) is 11.1. The Kier molecular flexibility index (Phi) is 3.40. The number of nitrogens with zero attached hydrogens (tertiary/aromatic N) is 3. The summed E-state index contributed by atoms with van der Waals surface area (Å²) in [6, 6.07) is 6.18. The molecule has 5 heteroatoms. The average Bonchev–Trinajstić information content (AvgIpc) is 2.96. The van der Waals surface area contributed by atoms with Crippen molar-refractivity contribution in [1.29, 1.82) is 0 Å². The Hall–Kier alpha value is -1.59. The summed E-state index contributed by atoms with van der Waals surface area (Å²) in [5.41, 5.74) is 1.19. The molecule has 1 N–H and O–H groups in total. The van der Waals surface area contributed by atoms with Crippen molar-refractivity contribution in [2.45, 2.75) is 39.0 Å². The molecular weight excluding hydrogens is 242 g/mol. The van der Waals surface area contributed by atoms with E-state index in [0.717, 1.165) is 37.6 Å². The minimum atomic E-state index is 0.159. The van der Waals surface area contributed by atoms with Crippen molar-refractivity contribution in [1.82, 2.24) is 14.7 Å². The van der Waals surface area contributed by atoms with E-state index >= 15 is 0 Å². The van der Waals surface area contributed by atoms with Gasteiger partial charge in [0, 0.05) is 25.3 Å². The van der Waals surface area contributed by atoms with Crippen LogP contribution in [0.3, 0.4) is 0 Å². The maximum Gasteiger partial charge on any atom is 0.118 e. The van der Waals surface area contributed by atoms with Crippen LogP contribution >= 0.6 is 0 Å². The Morgan fingerprint density at radius 1 is 1.42 bits per heavy atom. The second kappa shape index (κ2) is 5.19. The van der Waals surface area contributed by atoms with Crippen molar-refractivity contribution in [2.24, 2.45) is 0 Å². The number of aryl methyl sites for hydroxylation is 2. The van der Waals surface area contributed by atoms with E-state index in [1.165, 1.54) is 5.69 Å². The fourth-order valence-corrected chi connectivity index (χ4v) is 2.65. The molecule has 0 saturated carbocycles. The van der Waals surface area contributed by atoms with Crippen LogP contribution in [0.2, 0.25) is 0 Å². The van der Waals surface area contributed by atoms with Gasteiger partial charge in [-0.1, -0.05) is 0 Å². The van der Waals surface area contributed by atoms with Crippen LogP contribution in [0.5, 0.6) is 0 Å². The van der Waals surface area contributed by atoms with Gasteiger partial charge in [0.25, 0.3) is 0 Å². The molecule has 0 unspecified atom stereocenters. The van der Waals surface area contributed by atoms with Gasteiger partial charge < -0.3 is 9.52 Å². The van der Waals surface area contributed by atoms with Gasteiger partial charge in [-0.3, -0.25) is 9.58 Å². The van der Waals surface area contributed by atoms with E-state index in [2.05, 4.69) is 10.00 Å². The maximum absolute atomic E-state index is 9.58. The molecular formula is C14H19N3O2. The van der Waals surface area contributed by atoms with Gasteiger partial charge in [-0.25, -0.2) is 0 Å². The normalized spacial score (nSPS) is 20.2. The molecule has 102 valence electrons. The van der Waals surface area contributed by atoms with E-state index in [0.29, 0.717) is 0 Å². The number of furan rings is 1. The van der Waals surface area contributed by atoms with E-state index in [4.69, 9.17) is 4.42 Å². The first-order chi connectivity index (χ1) is 9.26. The Balaban J connectivity index is 1.80. The lowest BCUT2D eigenvalue weighted by atomic mass is 10.2. The van der Waals surface area contributed by atoms with Crippen molar-refractivity contribution in [2.75, 3.05) is 6.61 Å². The van der Waals surface area contributed by atoms with Gasteiger partial charge >= 0.3 is 0 Å². The summed E-state index contributed by atoms with van der Waals surface area (Å²) in [5.74, 6) is 1.87. The topological polar surface area (TPSA) is 54.4 Å². The Morgan fingerprint density at radius 2 is 2.32 bits per heavy atom. The number of aromatic nitrogens is 2. The first-order valence-electron chi connectivity index (χ1n) is 6.67. The molecule has 1 aliphatic rings. The van der Waals surface area contributed by atoms with E-state index in [1.807, 2.05) is 36.0 Å². The summed E-state index contributed by atoms with van der Waals surface area (Å²) in [5, 5.41) is 13.9. The zero-order valence-corrected chi connectivity index (χ0v) is 11.1. The van der Waals surface area contributed by atoms with Gasteiger partial charge in [0.1, 0.15) is 11.5 Å². The van der Waals surface area contributed by atoms with Gasteiger partial charge in [0.2, 0.25) is 0 Å². The minimum absolute atomic E-state index is 0.159. The predicted molar refractivity (Wildman–Crippen MR) is 70.4 cm³/mol. The van der Waals surface area contributed by atoms with E-state index < -0.39 is 0 Å². The minimum Gasteiger partial charge on any atom is -0.465 e. The number of aliphatic hydroxyl groups excluding tert-OH is 1. The molecule has 0 amide bonds. The monoisotopic (exact) mass is 261 g/mol. The third-order valence-corrected chi connectivity index (χ3v) is 3.73. The standard InChI is InChI=1S/C14H19N3O2/c1-11-2-3-14(19-11)9-16-8-12-4-6-15-17(12)7-5-13(16)10-18/h2-4,6,13,18H,5,7-10H2,1H3/t13-/m1/s1. The zero-order chi connectivity index (χ0) is 13.2. The van der Waals surface area contributed by atoms with Gasteiger partial charge in [-0.05, 0) is 31.5 Å². The highest BCUT2D eigenvalue weighted by molar-refractivity contribution is 5.07. The SMILES string of the molecule is Cc1ccc(CN2Cc3ccnn3CC[C@@H]2CO)o1. The van der Waals surface area contributed by atoms with Gasteiger partial charge in [-0.2, -0.15) is 5.10 Å². The molecule has 0 aromatic carbocycles. The fraction of sp³-hybridized carbons (Fsp3) is 0.500. The van der Waals surface area contributed by atoms with Gasteiger partial charge in [-0.15, -0.1) is 0 Å². The van der Waals surface area contributed by atoms with Crippen molar-refractivity contribution >= 4 is 0 Å². The highest BCUT2D eigenvalue weighted by atomic mass is 16.3. The fourth-order valence-electron chi connectivity index (χ4n) is 2.65. The Bertz CT molecular complexity index is 546. The molecule has 0 saturated heterocycles. The molecule has 2 aromatic rings. The van der Waals surface area contributed by atoms with Crippen LogP contribution in [0, 0.1) is 6.92 Å². The molecule has 0 bridgehead atoms. The average molecular weight is 261 g/mol. The number of hydrogen-bond acceptors (Lipinski definition) is 4. The van der Waals surface area contributed by atoms with Crippen molar-refractivity contribution < 1.29 is 9.52 Å². The Morgan fingerprint density at radius 3 is 3.05 bits per heavy atom. The lowest BCUT2D eigenvalue weighted by Crippen LogP contribution is -2.36. The highest BCUT2D eigenvalue weighted by Gasteiger charge is 2.24. The molecule has 0 fully saturated rings. The first kappa shape index (κ1) is 12.4. The van der Waals surface area contributed by atoms with Crippen LogP contribution in [0.4, 0.5) is 0 Å². The number of rotatable bonds is 3. The van der Waals surface area contributed by atoms with Crippen LogP contribution in [0.1, 0.15) is 23.6 Å². The third-order valence-electron chi connectivity index (χ3n) is 3.73. The number of hydrogen-bond donors (Lipinski definition) is 1. The van der Waals surface area contributed by atoms with Crippen LogP contribution in [0.15, 0.2) is 28.8 Å². The van der Waals surface area contributed by atoms with Crippen LogP contribution in [0.25, 0.3) is 0 Å². The summed E-state index contributed by atoms with van der Waals surface area (Å²) in [6.45, 7) is 4.51. The molecule has 19 heavy (non-hydrogen) atoms. The maximum atomic E-state index is 9.58. The quantitative estimate of drug-likeness (QED) is 0.911. The molecule has 0 radical (unpaired) electrons. The number of fused-ring (bicyclic) bond motifs is 1.